The van der Waals surface area contributed by atoms with Gasteiger partial charge in [-0.1, -0.05) is 11.6 Å². The maximum absolute atomic E-state index is 12.8. The molecule has 148 valence electrons. The lowest BCUT2D eigenvalue weighted by atomic mass is 10.1. The summed E-state index contributed by atoms with van der Waals surface area (Å²) in [5, 5.41) is 6.99. The van der Waals surface area contributed by atoms with Crippen LogP contribution in [-0.2, 0) is 9.53 Å². The Kier molecular flexibility index (Phi) is 4.89. The topological polar surface area (TPSA) is 106 Å². The lowest BCUT2D eigenvalue weighted by Gasteiger charge is -2.13. The first-order valence-corrected chi connectivity index (χ1v) is 9.18. The molecule has 0 saturated carbocycles. The minimum Gasteiger partial charge on any atom is -0.442 e. The van der Waals surface area contributed by atoms with Crippen LogP contribution in [-0.4, -0.2) is 51.6 Å². The Labute approximate surface area is 170 Å². The highest BCUT2D eigenvalue weighted by molar-refractivity contribution is 6.29. The van der Waals surface area contributed by atoms with E-state index in [2.05, 4.69) is 15.4 Å². The van der Waals surface area contributed by atoms with Crippen LogP contribution in [0.4, 0.5) is 10.5 Å². The largest absolute Gasteiger partial charge is 0.442 e. The number of anilines is 1. The first kappa shape index (κ1) is 18.9. The predicted molar refractivity (Wildman–Crippen MR) is 104 cm³/mol. The van der Waals surface area contributed by atoms with E-state index in [1.165, 1.54) is 22.5 Å². The molecule has 3 aromatic rings. The highest BCUT2D eigenvalue weighted by Gasteiger charge is 2.32. The summed E-state index contributed by atoms with van der Waals surface area (Å²) in [5.74, 6) is -0.461. The Morgan fingerprint density at radius 3 is 2.72 bits per heavy atom. The van der Waals surface area contributed by atoms with Crippen molar-refractivity contribution in [1.29, 1.82) is 0 Å². The number of hydrogen-bond acceptors (Lipinski definition) is 6. The fourth-order valence-electron chi connectivity index (χ4n) is 3.04. The van der Waals surface area contributed by atoms with Gasteiger partial charge in [-0.05, 0) is 36.4 Å². The molecule has 4 rings (SSSR count). The van der Waals surface area contributed by atoms with Crippen LogP contribution in [0.1, 0.15) is 23.0 Å². The molecule has 1 aliphatic heterocycles. The van der Waals surface area contributed by atoms with Gasteiger partial charge in [0.1, 0.15) is 17.0 Å². The van der Waals surface area contributed by atoms with Crippen molar-refractivity contribution in [2.24, 2.45) is 0 Å². The number of aromatic nitrogens is 3. The van der Waals surface area contributed by atoms with E-state index in [4.69, 9.17) is 16.3 Å². The zero-order chi connectivity index (χ0) is 20.5. The number of ketones is 1. The second-order valence-corrected chi connectivity index (χ2v) is 6.89. The van der Waals surface area contributed by atoms with Crippen LogP contribution in [0.2, 0.25) is 5.15 Å². The summed E-state index contributed by atoms with van der Waals surface area (Å²) in [7, 11) is 0. The number of cyclic esters (lactones) is 1. The van der Waals surface area contributed by atoms with Crippen LogP contribution >= 0.6 is 11.6 Å². The lowest BCUT2D eigenvalue weighted by molar-refractivity contribution is -0.119. The van der Waals surface area contributed by atoms with E-state index in [0.29, 0.717) is 23.4 Å². The number of imidazole rings is 1. The number of fused-ring (bicyclic) bond motifs is 1. The van der Waals surface area contributed by atoms with Crippen molar-refractivity contribution < 1.29 is 19.1 Å². The fourth-order valence-corrected chi connectivity index (χ4v) is 3.18. The standard InChI is InChI=1S/C19H16ClN5O4/c1-11(26)21-8-14-10-24(19(28)29-14)13-4-2-12(3-5-13)18(27)15-9-22-17-7-6-16(20)23-25(15)17/h2-7,9,14H,8,10H2,1H3,(H,21,26)/t14-/m0/s1. The van der Waals surface area contributed by atoms with E-state index in [1.807, 2.05) is 0 Å². The maximum Gasteiger partial charge on any atom is 0.414 e. The third-order valence-electron chi connectivity index (χ3n) is 4.46. The number of carbonyl (C=O) groups excluding carboxylic acids is 3. The molecule has 0 bridgehead atoms. The normalized spacial score (nSPS) is 16.1. The molecule has 0 aliphatic carbocycles. The molecule has 0 spiro atoms. The van der Waals surface area contributed by atoms with Gasteiger partial charge in [-0.15, -0.1) is 0 Å². The summed E-state index contributed by atoms with van der Waals surface area (Å²) in [5.41, 5.74) is 1.81. The van der Waals surface area contributed by atoms with Gasteiger partial charge in [0.2, 0.25) is 11.7 Å². The van der Waals surface area contributed by atoms with Gasteiger partial charge in [0.25, 0.3) is 0 Å². The van der Waals surface area contributed by atoms with Crippen molar-refractivity contribution in [3.05, 3.63) is 59.0 Å². The highest BCUT2D eigenvalue weighted by Crippen LogP contribution is 2.23. The van der Waals surface area contributed by atoms with Gasteiger partial charge < -0.3 is 10.1 Å². The molecule has 1 fully saturated rings. The molecule has 1 aliphatic rings. The van der Waals surface area contributed by atoms with Crippen molar-refractivity contribution >= 4 is 40.7 Å². The van der Waals surface area contributed by atoms with Crippen molar-refractivity contribution in [2.45, 2.75) is 13.0 Å². The summed E-state index contributed by atoms with van der Waals surface area (Å²) in [4.78, 5) is 41.6. The Bertz CT molecular complexity index is 1110. The van der Waals surface area contributed by atoms with Crippen molar-refractivity contribution in [3.8, 4) is 0 Å². The van der Waals surface area contributed by atoms with Crippen LogP contribution in [0.5, 0.6) is 0 Å². The van der Waals surface area contributed by atoms with Crippen molar-refractivity contribution in [2.75, 3.05) is 18.0 Å². The van der Waals surface area contributed by atoms with Gasteiger partial charge >= 0.3 is 6.09 Å². The van der Waals surface area contributed by atoms with Crippen LogP contribution in [0.3, 0.4) is 0 Å². The van der Waals surface area contributed by atoms with Gasteiger partial charge in [0.05, 0.1) is 19.3 Å². The number of nitrogens with one attached hydrogen (secondary N) is 1. The monoisotopic (exact) mass is 413 g/mol. The Morgan fingerprint density at radius 1 is 1.24 bits per heavy atom. The van der Waals surface area contributed by atoms with Crippen LogP contribution < -0.4 is 10.2 Å². The second-order valence-electron chi connectivity index (χ2n) is 6.50. The number of rotatable bonds is 5. The predicted octanol–water partition coefficient (Wildman–Crippen LogP) is 2.07. The molecule has 29 heavy (non-hydrogen) atoms. The average Bonchev–Trinajstić information content (AvgIpc) is 3.29. The van der Waals surface area contributed by atoms with E-state index < -0.39 is 12.2 Å². The smallest absolute Gasteiger partial charge is 0.414 e. The van der Waals surface area contributed by atoms with Crippen molar-refractivity contribution in [1.82, 2.24) is 19.9 Å². The van der Waals surface area contributed by atoms with E-state index in [0.717, 1.165) is 0 Å². The Morgan fingerprint density at radius 2 is 2.00 bits per heavy atom. The maximum atomic E-state index is 12.8. The Balaban J connectivity index is 1.52. The number of ether oxygens (including phenoxy) is 1. The molecule has 2 aromatic heterocycles. The van der Waals surface area contributed by atoms with Gasteiger partial charge in [0, 0.05) is 18.2 Å². The van der Waals surface area contributed by atoms with E-state index in [1.54, 1.807) is 36.4 Å². The van der Waals surface area contributed by atoms with E-state index in [-0.39, 0.29) is 29.1 Å². The molecule has 0 unspecified atom stereocenters. The third-order valence-corrected chi connectivity index (χ3v) is 4.66. The number of hydrogen-bond donors (Lipinski definition) is 1. The van der Waals surface area contributed by atoms with Crippen LogP contribution in [0, 0.1) is 0 Å². The van der Waals surface area contributed by atoms with Gasteiger partial charge in [-0.25, -0.2) is 14.3 Å². The molecular formula is C19H16ClN5O4. The lowest BCUT2D eigenvalue weighted by Crippen LogP contribution is -2.33. The minimum absolute atomic E-state index is 0.189. The summed E-state index contributed by atoms with van der Waals surface area (Å²) in [6.07, 6.45) is 0.515. The first-order valence-electron chi connectivity index (χ1n) is 8.80. The molecule has 0 radical (unpaired) electrons. The Hall–Kier alpha value is -3.46. The second kappa shape index (κ2) is 7.51. The third kappa shape index (κ3) is 3.77. The molecule has 2 amide bonds. The quantitative estimate of drug-likeness (QED) is 0.642. The molecule has 1 aromatic carbocycles. The van der Waals surface area contributed by atoms with Gasteiger partial charge in [-0.3, -0.25) is 14.5 Å². The highest BCUT2D eigenvalue weighted by atomic mass is 35.5. The summed E-state index contributed by atoms with van der Waals surface area (Å²) >= 11 is 5.91. The average molecular weight is 414 g/mol. The number of halogens is 1. The van der Waals surface area contributed by atoms with Gasteiger partial charge in [0.15, 0.2) is 5.65 Å². The van der Waals surface area contributed by atoms with Crippen LogP contribution in [0.25, 0.3) is 5.65 Å². The molecule has 10 heteroatoms. The number of benzene rings is 1. The van der Waals surface area contributed by atoms with E-state index in [9.17, 15) is 14.4 Å². The number of amides is 2. The fraction of sp³-hybridized carbons (Fsp3) is 0.211. The molecule has 1 N–H and O–H groups in total. The summed E-state index contributed by atoms with van der Waals surface area (Å²) in [6, 6.07) is 9.84. The number of carbonyl (C=O) groups is 3. The van der Waals surface area contributed by atoms with Crippen LogP contribution in [0.15, 0.2) is 42.6 Å². The first-order chi connectivity index (χ1) is 13.9. The zero-order valence-electron chi connectivity index (χ0n) is 15.3. The molecule has 1 atom stereocenters. The zero-order valence-corrected chi connectivity index (χ0v) is 16.1. The van der Waals surface area contributed by atoms with Crippen molar-refractivity contribution in [3.63, 3.8) is 0 Å². The summed E-state index contributed by atoms with van der Waals surface area (Å²) in [6.45, 7) is 1.96. The molecular weight excluding hydrogens is 398 g/mol. The molecule has 9 nitrogen and oxygen atoms in total. The number of nitrogens with zero attached hydrogens (tertiary/aromatic N) is 4. The molecule has 1 saturated heterocycles. The summed E-state index contributed by atoms with van der Waals surface area (Å²) < 4.78 is 6.64. The SMILES string of the molecule is CC(=O)NC[C@H]1CN(c2ccc(C(=O)c3cnc4ccc(Cl)nn34)cc2)C(=O)O1. The molecule has 3 heterocycles. The minimum atomic E-state index is -0.500. The van der Waals surface area contributed by atoms with Gasteiger partial charge in [-0.2, -0.15) is 5.10 Å². The van der Waals surface area contributed by atoms with E-state index >= 15 is 0 Å².